The Kier molecular flexibility index (Phi) is 4.25. The molecular formula is C14H20N4O2. The summed E-state index contributed by atoms with van der Waals surface area (Å²) in [5.41, 5.74) is 7.32. The van der Waals surface area contributed by atoms with E-state index in [1.165, 1.54) is 0 Å². The third-order valence-electron chi connectivity index (χ3n) is 3.81. The molecule has 6 nitrogen and oxygen atoms in total. The number of nitrogens with zero attached hydrogens (tertiary/aromatic N) is 1. The molecule has 0 saturated carbocycles. The van der Waals surface area contributed by atoms with Gasteiger partial charge in [0.1, 0.15) is 6.04 Å². The van der Waals surface area contributed by atoms with Gasteiger partial charge in [0.05, 0.1) is 12.6 Å². The molecule has 3 heterocycles. The normalized spacial score (nSPS) is 30.1. The molecule has 1 amide bonds. The number of hydrazine groups is 1. The molecule has 1 aromatic rings. The van der Waals surface area contributed by atoms with Gasteiger partial charge in [-0.3, -0.25) is 9.78 Å². The second kappa shape index (κ2) is 6.30. The summed E-state index contributed by atoms with van der Waals surface area (Å²) >= 11 is 0. The van der Waals surface area contributed by atoms with Crippen molar-refractivity contribution in [3.63, 3.8) is 0 Å². The Bertz CT molecular complexity index is 448. The van der Waals surface area contributed by atoms with Gasteiger partial charge < -0.3 is 10.1 Å². The Morgan fingerprint density at radius 1 is 1.45 bits per heavy atom. The van der Waals surface area contributed by atoms with Crippen molar-refractivity contribution in [2.24, 2.45) is 0 Å². The number of carbonyl (C=O) groups excluding carboxylic acids is 1. The van der Waals surface area contributed by atoms with Crippen LogP contribution in [0.4, 0.5) is 0 Å². The first kappa shape index (κ1) is 13.5. The number of ether oxygens (including phenoxy) is 1. The van der Waals surface area contributed by atoms with Crippen molar-refractivity contribution in [3.05, 3.63) is 30.1 Å². The number of hydrogen-bond donors (Lipinski definition) is 3. The van der Waals surface area contributed by atoms with E-state index in [0.29, 0.717) is 6.61 Å². The predicted molar refractivity (Wildman–Crippen MR) is 73.6 cm³/mol. The van der Waals surface area contributed by atoms with E-state index in [2.05, 4.69) is 21.2 Å². The molecule has 0 radical (unpaired) electrons. The molecule has 2 aliphatic rings. The second-order valence-corrected chi connectivity index (χ2v) is 5.34. The molecule has 3 rings (SSSR count). The molecule has 20 heavy (non-hydrogen) atoms. The first-order valence-electron chi connectivity index (χ1n) is 7.12. The van der Waals surface area contributed by atoms with E-state index in [9.17, 15) is 4.79 Å². The molecular weight excluding hydrogens is 256 g/mol. The monoisotopic (exact) mass is 276 g/mol. The number of amides is 1. The van der Waals surface area contributed by atoms with Crippen molar-refractivity contribution in [2.75, 3.05) is 13.2 Å². The first-order valence-corrected chi connectivity index (χ1v) is 7.12. The van der Waals surface area contributed by atoms with E-state index in [1.807, 2.05) is 18.3 Å². The van der Waals surface area contributed by atoms with Crippen LogP contribution in [0.3, 0.4) is 0 Å². The highest BCUT2D eigenvalue weighted by molar-refractivity contribution is 5.82. The van der Waals surface area contributed by atoms with Gasteiger partial charge in [-0.05, 0) is 30.9 Å². The average molecular weight is 276 g/mol. The van der Waals surface area contributed by atoms with Gasteiger partial charge >= 0.3 is 0 Å². The van der Waals surface area contributed by atoms with Gasteiger partial charge in [0, 0.05) is 25.0 Å². The zero-order valence-electron chi connectivity index (χ0n) is 11.3. The number of rotatable bonds is 3. The fourth-order valence-electron chi connectivity index (χ4n) is 2.69. The zero-order chi connectivity index (χ0) is 13.8. The fraction of sp³-hybridized carbons (Fsp3) is 0.571. The van der Waals surface area contributed by atoms with E-state index in [4.69, 9.17) is 4.74 Å². The Balaban J connectivity index is 1.53. The van der Waals surface area contributed by atoms with Gasteiger partial charge in [-0.1, -0.05) is 6.07 Å². The van der Waals surface area contributed by atoms with Crippen molar-refractivity contribution in [1.29, 1.82) is 0 Å². The largest absolute Gasteiger partial charge is 0.379 e. The second-order valence-electron chi connectivity index (χ2n) is 5.34. The summed E-state index contributed by atoms with van der Waals surface area (Å²) in [6.45, 7) is 1.43. The number of hydrogen-bond acceptors (Lipinski definition) is 5. The molecule has 3 N–H and O–H groups in total. The number of nitrogens with one attached hydrogen (secondary N) is 3. The highest BCUT2D eigenvalue weighted by atomic mass is 16.5. The van der Waals surface area contributed by atoms with Gasteiger partial charge in [-0.15, -0.1) is 0 Å². The zero-order valence-corrected chi connectivity index (χ0v) is 11.3. The van der Waals surface area contributed by atoms with Crippen LogP contribution < -0.4 is 16.2 Å². The van der Waals surface area contributed by atoms with Crippen LogP contribution >= 0.6 is 0 Å². The minimum atomic E-state index is -0.206. The van der Waals surface area contributed by atoms with E-state index in [1.54, 1.807) is 6.20 Å². The van der Waals surface area contributed by atoms with Crippen molar-refractivity contribution in [1.82, 2.24) is 21.2 Å². The van der Waals surface area contributed by atoms with Crippen LogP contribution in [0.2, 0.25) is 0 Å². The molecule has 0 spiro atoms. The van der Waals surface area contributed by atoms with Crippen molar-refractivity contribution >= 4 is 5.91 Å². The van der Waals surface area contributed by atoms with Crippen LogP contribution in [-0.2, 0) is 9.53 Å². The van der Waals surface area contributed by atoms with E-state index in [-0.39, 0.29) is 24.0 Å². The lowest BCUT2D eigenvalue weighted by Gasteiger charge is -2.24. The van der Waals surface area contributed by atoms with Crippen LogP contribution in [0.25, 0.3) is 0 Å². The van der Waals surface area contributed by atoms with Gasteiger partial charge in [0.25, 0.3) is 0 Å². The summed E-state index contributed by atoms with van der Waals surface area (Å²) < 4.78 is 5.38. The Morgan fingerprint density at radius 3 is 3.15 bits per heavy atom. The summed E-state index contributed by atoms with van der Waals surface area (Å²) in [7, 11) is 0. The molecule has 6 heteroatoms. The summed E-state index contributed by atoms with van der Waals surface area (Å²) in [5.74, 6) is 0.0411. The molecule has 2 saturated heterocycles. The van der Waals surface area contributed by atoms with Crippen molar-refractivity contribution < 1.29 is 9.53 Å². The SMILES string of the molecule is O=C(NC1CCCOC1)C1CC(c2cccnc2)NN1. The van der Waals surface area contributed by atoms with E-state index >= 15 is 0 Å². The average Bonchev–Trinajstić information content (AvgIpc) is 2.99. The summed E-state index contributed by atoms with van der Waals surface area (Å²) in [5, 5.41) is 3.05. The third kappa shape index (κ3) is 3.15. The van der Waals surface area contributed by atoms with Gasteiger partial charge in [0.2, 0.25) is 5.91 Å². The number of aromatic nitrogens is 1. The highest BCUT2D eigenvalue weighted by Gasteiger charge is 2.31. The van der Waals surface area contributed by atoms with Gasteiger partial charge in [-0.25, -0.2) is 10.9 Å². The standard InChI is InChI=1S/C14H20N4O2/c19-14(16-11-4-2-6-20-9-11)13-7-12(17-18-13)10-3-1-5-15-8-10/h1,3,5,8,11-13,17-18H,2,4,6-7,9H2,(H,16,19). The van der Waals surface area contributed by atoms with Crippen LogP contribution in [0.15, 0.2) is 24.5 Å². The third-order valence-corrected chi connectivity index (χ3v) is 3.81. The molecule has 2 aliphatic heterocycles. The van der Waals surface area contributed by atoms with Crippen LogP contribution in [0.5, 0.6) is 0 Å². The minimum absolute atomic E-state index is 0.0411. The molecule has 0 aromatic carbocycles. The Morgan fingerprint density at radius 2 is 2.40 bits per heavy atom. The molecule has 0 aliphatic carbocycles. The van der Waals surface area contributed by atoms with Gasteiger partial charge in [-0.2, -0.15) is 0 Å². The number of carbonyl (C=O) groups is 1. The smallest absolute Gasteiger partial charge is 0.238 e. The molecule has 0 bridgehead atoms. The molecule has 2 fully saturated rings. The maximum absolute atomic E-state index is 12.2. The number of pyridine rings is 1. The summed E-state index contributed by atoms with van der Waals surface area (Å²) in [6.07, 6.45) is 6.32. The fourth-order valence-corrected chi connectivity index (χ4v) is 2.69. The molecule has 3 atom stereocenters. The van der Waals surface area contributed by atoms with E-state index in [0.717, 1.165) is 31.4 Å². The lowest BCUT2D eigenvalue weighted by Crippen LogP contribution is -2.49. The molecule has 1 aromatic heterocycles. The first-order chi connectivity index (χ1) is 9.83. The minimum Gasteiger partial charge on any atom is -0.379 e. The Hall–Kier alpha value is -1.50. The maximum Gasteiger partial charge on any atom is 0.238 e. The predicted octanol–water partition coefficient (Wildman–Crippen LogP) is 0.284. The topological polar surface area (TPSA) is 75.3 Å². The van der Waals surface area contributed by atoms with Crippen LogP contribution in [-0.4, -0.2) is 36.2 Å². The summed E-state index contributed by atoms with van der Waals surface area (Å²) in [4.78, 5) is 16.3. The summed E-state index contributed by atoms with van der Waals surface area (Å²) in [6, 6.07) is 3.99. The maximum atomic E-state index is 12.2. The Labute approximate surface area is 118 Å². The quantitative estimate of drug-likeness (QED) is 0.739. The van der Waals surface area contributed by atoms with Crippen LogP contribution in [0, 0.1) is 0 Å². The molecule has 3 unspecified atom stereocenters. The van der Waals surface area contributed by atoms with E-state index < -0.39 is 0 Å². The van der Waals surface area contributed by atoms with Crippen molar-refractivity contribution in [2.45, 2.75) is 37.4 Å². The molecule has 108 valence electrons. The van der Waals surface area contributed by atoms with Gasteiger partial charge in [0.15, 0.2) is 0 Å². The lowest BCUT2D eigenvalue weighted by molar-refractivity contribution is -0.124. The highest BCUT2D eigenvalue weighted by Crippen LogP contribution is 2.21. The lowest BCUT2D eigenvalue weighted by atomic mass is 10.0. The van der Waals surface area contributed by atoms with Crippen molar-refractivity contribution in [3.8, 4) is 0 Å². The van der Waals surface area contributed by atoms with Crippen LogP contribution in [0.1, 0.15) is 30.9 Å².